The zero-order valence-electron chi connectivity index (χ0n) is 17.5. The fourth-order valence-electron chi connectivity index (χ4n) is 3.45. The molecule has 4 N–H and O–H groups in total. The van der Waals surface area contributed by atoms with Crippen molar-refractivity contribution < 1.29 is 4.39 Å². The van der Waals surface area contributed by atoms with Crippen molar-refractivity contribution in [2.24, 2.45) is 0 Å². The molecule has 0 radical (unpaired) electrons. The summed E-state index contributed by atoms with van der Waals surface area (Å²) < 4.78 is 16.0. The molecule has 3 aromatic heterocycles. The van der Waals surface area contributed by atoms with Crippen LogP contribution in [-0.4, -0.2) is 31.0 Å². The first-order valence-corrected chi connectivity index (χ1v) is 10.1. The van der Waals surface area contributed by atoms with Gasteiger partial charge in [0.05, 0.1) is 22.3 Å². The maximum Gasteiger partial charge on any atom is 0.269 e. The van der Waals surface area contributed by atoms with E-state index >= 15 is 0 Å². The van der Waals surface area contributed by atoms with Crippen LogP contribution in [0.25, 0.3) is 16.6 Å². The van der Waals surface area contributed by atoms with Crippen LogP contribution in [-0.2, 0) is 0 Å². The van der Waals surface area contributed by atoms with Crippen molar-refractivity contribution in [1.82, 2.24) is 24.5 Å². The van der Waals surface area contributed by atoms with E-state index in [0.29, 0.717) is 5.69 Å². The largest absolute Gasteiger partial charge is 0.382 e. The van der Waals surface area contributed by atoms with Gasteiger partial charge in [0.1, 0.15) is 28.8 Å². The number of halogens is 2. The van der Waals surface area contributed by atoms with Crippen molar-refractivity contribution in [3.05, 3.63) is 62.9 Å². The number of hydrogen-bond donors (Lipinski definition) is 2. The highest BCUT2D eigenvalue weighted by Crippen LogP contribution is 2.31. The number of fused-ring (bicyclic) bond motifs is 1. The van der Waals surface area contributed by atoms with E-state index in [1.165, 1.54) is 21.7 Å². The molecule has 0 fully saturated rings. The second-order valence-corrected chi connectivity index (χ2v) is 7.45. The third kappa shape index (κ3) is 3.66. The molecule has 0 unspecified atom stereocenters. The van der Waals surface area contributed by atoms with E-state index in [1.54, 1.807) is 26.1 Å². The average molecular weight is 466 g/mol. The second-order valence-electron chi connectivity index (χ2n) is 7.05. The van der Waals surface area contributed by atoms with Gasteiger partial charge in [0.15, 0.2) is 5.82 Å². The number of anilines is 4. The Morgan fingerprint density at radius 1 is 1.24 bits per heavy atom. The lowest BCUT2D eigenvalue weighted by molar-refractivity contribution is 0.635. The van der Waals surface area contributed by atoms with Crippen molar-refractivity contribution in [2.75, 3.05) is 22.9 Å². The van der Waals surface area contributed by atoms with Crippen LogP contribution in [0.2, 0.25) is 5.02 Å². The number of aromatic nitrogens is 5. The van der Waals surface area contributed by atoms with Gasteiger partial charge in [0, 0.05) is 12.7 Å². The zero-order valence-corrected chi connectivity index (χ0v) is 18.3. The molecule has 33 heavy (non-hydrogen) atoms. The molecular weight excluding hydrogens is 449 g/mol. The number of nitrogens with two attached hydrogens (primary N) is 2. The number of pyridine rings is 1. The van der Waals surface area contributed by atoms with Gasteiger partial charge in [-0.1, -0.05) is 11.6 Å². The Balaban J connectivity index is 2.17. The van der Waals surface area contributed by atoms with E-state index < -0.39 is 11.4 Å². The number of benzene rings is 1. The minimum atomic E-state index is -0.736. The van der Waals surface area contributed by atoms with Crippen molar-refractivity contribution in [2.45, 2.75) is 13.8 Å². The smallest absolute Gasteiger partial charge is 0.269 e. The zero-order chi connectivity index (χ0) is 23.9. The molecule has 0 bridgehead atoms. The van der Waals surface area contributed by atoms with Crippen LogP contribution in [0.1, 0.15) is 18.1 Å². The molecule has 10 nitrogen and oxygen atoms in total. The van der Waals surface area contributed by atoms with Crippen LogP contribution >= 0.6 is 11.6 Å². The Morgan fingerprint density at radius 3 is 2.67 bits per heavy atom. The fraction of sp³-hybridized carbons (Fsp3) is 0.143. The summed E-state index contributed by atoms with van der Waals surface area (Å²) in [5.41, 5.74) is 11.9. The van der Waals surface area contributed by atoms with E-state index in [2.05, 4.69) is 19.9 Å². The first-order valence-electron chi connectivity index (χ1n) is 9.70. The Bertz CT molecular complexity index is 1510. The highest BCUT2D eigenvalue weighted by Gasteiger charge is 2.26. The minimum Gasteiger partial charge on any atom is -0.382 e. The Labute approximate surface area is 191 Å². The topological polar surface area (TPSA) is 153 Å². The highest BCUT2D eigenvalue weighted by atomic mass is 35.5. The number of aryl methyl sites for hydroxylation is 1. The third-order valence-corrected chi connectivity index (χ3v) is 5.20. The number of rotatable bonds is 4. The molecule has 3 heterocycles. The van der Waals surface area contributed by atoms with E-state index in [9.17, 15) is 14.4 Å². The molecule has 166 valence electrons. The van der Waals surface area contributed by atoms with Gasteiger partial charge in [-0.2, -0.15) is 15.2 Å². The Kier molecular flexibility index (Phi) is 5.53. The van der Waals surface area contributed by atoms with Gasteiger partial charge in [-0.25, -0.2) is 13.9 Å². The molecule has 0 spiro atoms. The summed E-state index contributed by atoms with van der Waals surface area (Å²) in [7, 11) is 0. The molecule has 0 saturated heterocycles. The van der Waals surface area contributed by atoms with E-state index in [0.717, 1.165) is 11.6 Å². The van der Waals surface area contributed by atoms with Gasteiger partial charge >= 0.3 is 0 Å². The van der Waals surface area contributed by atoms with Crippen LogP contribution in [0.3, 0.4) is 0 Å². The third-order valence-electron chi connectivity index (χ3n) is 4.89. The van der Waals surface area contributed by atoms with Crippen LogP contribution < -0.4 is 21.9 Å². The van der Waals surface area contributed by atoms with Crippen LogP contribution in [0.5, 0.6) is 0 Å². The monoisotopic (exact) mass is 465 g/mol. The summed E-state index contributed by atoms with van der Waals surface area (Å²) in [6, 6.07) is 6.07. The summed E-state index contributed by atoms with van der Waals surface area (Å²) in [6.07, 6.45) is 3.08. The predicted molar refractivity (Wildman–Crippen MR) is 123 cm³/mol. The summed E-state index contributed by atoms with van der Waals surface area (Å²) in [4.78, 5) is 31.6. The summed E-state index contributed by atoms with van der Waals surface area (Å²) in [6.45, 7) is 3.71. The molecule has 1 aromatic carbocycles. The van der Waals surface area contributed by atoms with Crippen molar-refractivity contribution in [3.63, 3.8) is 0 Å². The SMILES string of the molecule is CCN(c1nc(N)nc(N)c1C#N)c1nc2c(F)ccc(Cl)c2c(=O)n1-c1cncc(C)c1. The second kappa shape index (κ2) is 8.33. The number of hydrogen-bond acceptors (Lipinski definition) is 9. The normalized spacial score (nSPS) is 10.9. The van der Waals surface area contributed by atoms with Gasteiger partial charge in [-0.15, -0.1) is 0 Å². The molecule has 0 amide bonds. The molecule has 0 atom stereocenters. The van der Waals surface area contributed by atoms with Crippen molar-refractivity contribution >= 4 is 46.0 Å². The quantitative estimate of drug-likeness (QED) is 0.463. The van der Waals surface area contributed by atoms with Gasteiger partial charge < -0.3 is 11.5 Å². The summed E-state index contributed by atoms with van der Waals surface area (Å²) in [5, 5.41) is 9.60. The lowest BCUT2D eigenvalue weighted by atomic mass is 10.2. The summed E-state index contributed by atoms with van der Waals surface area (Å²) >= 11 is 6.25. The Morgan fingerprint density at radius 2 is 2.00 bits per heavy atom. The lowest BCUT2D eigenvalue weighted by Gasteiger charge is -2.26. The minimum absolute atomic E-state index is 0.0213. The lowest BCUT2D eigenvalue weighted by Crippen LogP contribution is -2.31. The van der Waals surface area contributed by atoms with Gasteiger partial charge in [-0.3, -0.25) is 14.7 Å². The maximum absolute atomic E-state index is 14.7. The van der Waals surface area contributed by atoms with Crippen LogP contribution in [0.4, 0.5) is 27.9 Å². The standard InChI is InChI=1S/C21H17ClFN9O/c1-3-31(18-12(7-24)17(25)29-20(26)30-18)21-28-16-14(23)5-4-13(22)15(16)19(33)32(21)11-6-10(2)8-27-9-11/h4-6,8-9H,3H2,1-2H3,(H4,25,26,29,30). The number of nitrogen functional groups attached to an aromatic ring is 2. The molecule has 4 rings (SSSR count). The van der Waals surface area contributed by atoms with Gasteiger partial charge in [0.25, 0.3) is 5.56 Å². The average Bonchev–Trinajstić information content (AvgIpc) is 2.76. The molecule has 4 aromatic rings. The molecule has 0 saturated carbocycles. The fourth-order valence-corrected chi connectivity index (χ4v) is 3.69. The van der Waals surface area contributed by atoms with Crippen molar-refractivity contribution in [3.8, 4) is 11.8 Å². The Hall–Kier alpha value is -4.30. The van der Waals surface area contributed by atoms with E-state index in [-0.39, 0.29) is 51.6 Å². The first-order chi connectivity index (χ1) is 15.8. The van der Waals surface area contributed by atoms with Gasteiger partial charge in [-0.05, 0) is 37.6 Å². The predicted octanol–water partition coefficient (Wildman–Crippen LogP) is 2.87. The van der Waals surface area contributed by atoms with Crippen molar-refractivity contribution in [1.29, 1.82) is 5.26 Å². The molecule has 0 aliphatic heterocycles. The molecule has 12 heteroatoms. The van der Waals surface area contributed by atoms with Crippen LogP contribution in [0, 0.1) is 24.1 Å². The molecule has 0 aliphatic carbocycles. The number of nitrogens with zero attached hydrogens (tertiary/aromatic N) is 7. The molecular formula is C21H17ClFN9O. The van der Waals surface area contributed by atoms with Gasteiger partial charge in [0.2, 0.25) is 11.9 Å². The van der Waals surface area contributed by atoms with E-state index in [1.807, 2.05) is 6.07 Å². The van der Waals surface area contributed by atoms with E-state index in [4.69, 9.17) is 23.1 Å². The van der Waals surface area contributed by atoms with Crippen LogP contribution in [0.15, 0.2) is 35.4 Å². The maximum atomic E-state index is 14.7. The molecule has 0 aliphatic rings. The number of nitriles is 1. The highest BCUT2D eigenvalue weighted by molar-refractivity contribution is 6.35. The first kappa shape index (κ1) is 21.9. The summed E-state index contributed by atoms with van der Waals surface area (Å²) in [5.74, 6) is -1.06.